The molecule has 1 spiro atoms. The van der Waals surface area contributed by atoms with Crippen LogP contribution in [0.5, 0.6) is 5.75 Å². The Labute approximate surface area is 132 Å². The van der Waals surface area contributed by atoms with Crippen LogP contribution in [0.2, 0.25) is 0 Å². The first-order valence-corrected chi connectivity index (χ1v) is 9.20. The van der Waals surface area contributed by atoms with E-state index < -0.39 is 10.0 Å². The summed E-state index contributed by atoms with van der Waals surface area (Å²) in [5.74, 6) is 0.698. The maximum atomic E-state index is 12.6. The van der Waals surface area contributed by atoms with Gasteiger partial charge in [-0.25, -0.2) is 13.1 Å². The summed E-state index contributed by atoms with van der Waals surface area (Å²) in [5.41, 5.74) is 0.923. The summed E-state index contributed by atoms with van der Waals surface area (Å²) >= 11 is 0. The molecule has 1 aliphatic carbocycles. The maximum absolute atomic E-state index is 12.6. The lowest BCUT2D eigenvalue weighted by Crippen LogP contribution is -2.57. The van der Waals surface area contributed by atoms with Crippen molar-refractivity contribution < 1.29 is 17.9 Å². The number of rotatable bonds is 4. The second-order valence-electron chi connectivity index (χ2n) is 6.32. The highest BCUT2D eigenvalue weighted by Crippen LogP contribution is 2.49. The number of methoxy groups -OCH3 is 1. The molecule has 2 fully saturated rings. The van der Waals surface area contributed by atoms with Crippen LogP contribution in [0.1, 0.15) is 31.2 Å². The molecule has 1 unspecified atom stereocenters. The smallest absolute Gasteiger partial charge is 0.240 e. The lowest BCUT2D eigenvalue weighted by Gasteiger charge is -2.51. The van der Waals surface area contributed by atoms with Crippen molar-refractivity contribution in [3.8, 4) is 5.75 Å². The summed E-state index contributed by atoms with van der Waals surface area (Å²) in [6, 6.07) is 5.00. The average Bonchev–Trinajstić information content (AvgIpc) is 2.52. The van der Waals surface area contributed by atoms with Crippen molar-refractivity contribution in [2.24, 2.45) is 5.41 Å². The molecule has 1 aromatic rings. The van der Waals surface area contributed by atoms with Crippen molar-refractivity contribution in [1.29, 1.82) is 0 Å². The van der Waals surface area contributed by atoms with Crippen LogP contribution in [-0.4, -0.2) is 34.8 Å². The van der Waals surface area contributed by atoms with E-state index in [9.17, 15) is 8.42 Å². The molecule has 1 N–H and O–H groups in total. The van der Waals surface area contributed by atoms with Gasteiger partial charge in [0.05, 0.1) is 12.0 Å². The van der Waals surface area contributed by atoms with Gasteiger partial charge in [-0.2, -0.15) is 0 Å². The molecule has 1 heterocycles. The summed E-state index contributed by atoms with van der Waals surface area (Å²) in [6.07, 6.45) is 3.89. The molecule has 1 aliphatic heterocycles. The van der Waals surface area contributed by atoms with Gasteiger partial charge in [0, 0.05) is 19.3 Å². The molecule has 0 amide bonds. The Hall–Kier alpha value is -1.11. The van der Waals surface area contributed by atoms with Gasteiger partial charge < -0.3 is 9.47 Å². The Morgan fingerprint density at radius 1 is 1.27 bits per heavy atom. The predicted octanol–water partition coefficient (Wildman–Crippen LogP) is 2.24. The third kappa shape index (κ3) is 2.75. The van der Waals surface area contributed by atoms with Crippen LogP contribution in [0.25, 0.3) is 0 Å². The maximum Gasteiger partial charge on any atom is 0.240 e. The minimum Gasteiger partial charge on any atom is -0.496 e. The van der Waals surface area contributed by atoms with Crippen LogP contribution in [0.15, 0.2) is 23.1 Å². The van der Waals surface area contributed by atoms with E-state index in [1.165, 1.54) is 0 Å². The van der Waals surface area contributed by atoms with Crippen LogP contribution in [0.3, 0.4) is 0 Å². The second kappa shape index (κ2) is 5.83. The Bertz CT molecular complexity index is 650. The molecule has 0 bridgehead atoms. The van der Waals surface area contributed by atoms with Crippen LogP contribution in [0, 0.1) is 12.3 Å². The quantitative estimate of drug-likeness (QED) is 0.922. The van der Waals surface area contributed by atoms with Crippen molar-refractivity contribution in [2.75, 3.05) is 20.3 Å². The highest BCUT2D eigenvalue weighted by Gasteiger charge is 2.48. The first-order valence-electron chi connectivity index (χ1n) is 7.72. The van der Waals surface area contributed by atoms with Gasteiger partial charge in [-0.05, 0) is 61.8 Å². The number of sulfonamides is 1. The lowest BCUT2D eigenvalue weighted by atomic mass is 9.60. The van der Waals surface area contributed by atoms with Gasteiger partial charge in [-0.15, -0.1) is 0 Å². The molecule has 122 valence electrons. The van der Waals surface area contributed by atoms with Gasteiger partial charge in [0.2, 0.25) is 10.0 Å². The van der Waals surface area contributed by atoms with Crippen molar-refractivity contribution in [3.63, 3.8) is 0 Å². The predicted molar refractivity (Wildman–Crippen MR) is 83.6 cm³/mol. The summed E-state index contributed by atoms with van der Waals surface area (Å²) in [6.45, 7) is 3.32. The third-order valence-electron chi connectivity index (χ3n) is 5.13. The molecular formula is C16H23NO4S. The summed E-state index contributed by atoms with van der Waals surface area (Å²) < 4.78 is 38.8. The van der Waals surface area contributed by atoms with Crippen LogP contribution in [-0.2, 0) is 14.8 Å². The zero-order valence-electron chi connectivity index (χ0n) is 13.1. The minimum absolute atomic E-state index is 0.0313. The fourth-order valence-electron chi connectivity index (χ4n) is 3.53. The molecule has 2 aliphatic rings. The van der Waals surface area contributed by atoms with Gasteiger partial charge in [-0.1, -0.05) is 0 Å². The molecule has 1 aromatic carbocycles. The standard InChI is InChI=1S/C16H23NO4S/c1-12-11-13(3-4-14(12)20-2)22(18,19)17-15-5-6-16(15)7-9-21-10-8-16/h3-4,11,15,17H,5-10H2,1-2H3. The molecule has 3 rings (SSSR count). The van der Waals surface area contributed by atoms with E-state index in [-0.39, 0.29) is 11.5 Å². The number of aryl methyl sites for hydroxylation is 1. The zero-order chi connectivity index (χ0) is 15.8. The number of hydrogen-bond acceptors (Lipinski definition) is 4. The monoisotopic (exact) mass is 325 g/mol. The SMILES string of the molecule is COc1ccc(S(=O)(=O)NC2CCC23CCOCC3)cc1C. The number of nitrogens with one attached hydrogen (secondary N) is 1. The topological polar surface area (TPSA) is 64.6 Å². The van der Waals surface area contributed by atoms with Crippen molar-refractivity contribution >= 4 is 10.0 Å². The van der Waals surface area contributed by atoms with Gasteiger partial charge >= 0.3 is 0 Å². The van der Waals surface area contributed by atoms with Gasteiger partial charge in [-0.3, -0.25) is 0 Å². The van der Waals surface area contributed by atoms with Crippen molar-refractivity contribution in [2.45, 2.75) is 43.5 Å². The molecule has 1 atom stereocenters. The highest BCUT2D eigenvalue weighted by molar-refractivity contribution is 7.89. The summed E-state index contributed by atoms with van der Waals surface area (Å²) in [7, 11) is -1.91. The van der Waals surface area contributed by atoms with Crippen LogP contribution < -0.4 is 9.46 Å². The van der Waals surface area contributed by atoms with Gasteiger partial charge in [0.15, 0.2) is 0 Å². The zero-order valence-corrected chi connectivity index (χ0v) is 13.9. The van der Waals surface area contributed by atoms with Crippen molar-refractivity contribution in [3.05, 3.63) is 23.8 Å². The first kappa shape index (κ1) is 15.8. The molecule has 0 aromatic heterocycles. The summed E-state index contributed by atoms with van der Waals surface area (Å²) in [4.78, 5) is 0.305. The fraction of sp³-hybridized carbons (Fsp3) is 0.625. The lowest BCUT2D eigenvalue weighted by molar-refractivity contribution is -0.0483. The number of benzene rings is 1. The molecule has 1 saturated carbocycles. The van der Waals surface area contributed by atoms with Gasteiger partial charge in [0.1, 0.15) is 5.75 Å². The largest absolute Gasteiger partial charge is 0.496 e. The molecule has 0 radical (unpaired) electrons. The van der Waals surface area contributed by atoms with E-state index in [1.807, 2.05) is 6.92 Å². The van der Waals surface area contributed by atoms with Crippen molar-refractivity contribution in [1.82, 2.24) is 4.72 Å². The van der Waals surface area contributed by atoms with E-state index in [2.05, 4.69) is 4.72 Å². The Morgan fingerprint density at radius 3 is 2.55 bits per heavy atom. The third-order valence-corrected chi connectivity index (χ3v) is 6.60. The van der Waals surface area contributed by atoms with Crippen LogP contribution >= 0.6 is 0 Å². The van der Waals surface area contributed by atoms with E-state index in [0.717, 1.165) is 44.5 Å². The molecule has 6 heteroatoms. The Kier molecular flexibility index (Phi) is 4.18. The van der Waals surface area contributed by atoms with Gasteiger partial charge in [0.25, 0.3) is 0 Å². The number of hydrogen-bond donors (Lipinski definition) is 1. The normalized spacial score (nSPS) is 24.0. The fourth-order valence-corrected chi connectivity index (χ4v) is 4.99. The van der Waals surface area contributed by atoms with E-state index in [0.29, 0.717) is 10.6 Å². The highest BCUT2D eigenvalue weighted by atomic mass is 32.2. The van der Waals surface area contributed by atoms with E-state index in [1.54, 1.807) is 25.3 Å². The van der Waals surface area contributed by atoms with Crippen LogP contribution in [0.4, 0.5) is 0 Å². The van der Waals surface area contributed by atoms with E-state index >= 15 is 0 Å². The molecule has 5 nitrogen and oxygen atoms in total. The first-order chi connectivity index (χ1) is 10.5. The second-order valence-corrected chi connectivity index (χ2v) is 8.03. The Balaban J connectivity index is 1.77. The number of ether oxygens (including phenoxy) is 2. The molecule has 1 saturated heterocycles. The minimum atomic E-state index is -3.49. The molecular weight excluding hydrogens is 302 g/mol. The Morgan fingerprint density at radius 2 is 2.00 bits per heavy atom. The summed E-state index contributed by atoms with van der Waals surface area (Å²) in [5, 5.41) is 0. The average molecular weight is 325 g/mol. The molecule has 22 heavy (non-hydrogen) atoms. The van der Waals surface area contributed by atoms with E-state index in [4.69, 9.17) is 9.47 Å².